The smallest absolute Gasteiger partial charge is 0.311 e. The first-order chi connectivity index (χ1) is 14.8. The summed E-state index contributed by atoms with van der Waals surface area (Å²) >= 11 is 0. The Labute approximate surface area is 182 Å². The van der Waals surface area contributed by atoms with Crippen molar-refractivity contribution in [2.24, 2.45) is 5.92 Å². The standard InChI is InChI=1S/C18H31N5O7S/c24-17(16-5-4-15-11-22(16)18(25)23(15)30-31(26,27)28)20-29-12-14-8-13(9-19-14)10-21-6-2-1-3-7-21/h13-16,19H,1-12H2,(H,20,24)(H,26,27,28)/t13-,14-,15-,16+/m1/s1. The highest BCUT2D eigenvalue weighted by Crippen LogP contribution is 2.30. The molecule has 3 N–H and O–H groups in total. The van der Waals surface area contributed by atoms with Crippen LogP contribution in [-0.4, -0.2) is 97.2 Å². The molecule has 4 heterocycles. The van der Waals surface area contributed by atoms with Crippen molar-refractivity contribution in [3.05, 3.63) is 0 Å². The number of nitrogens with zero attached hydrogens (tertiary/aromatic N) is 3. The predicted octanol–water partition coefficient (Wildman–Crippen LogP) is -0.499. The minimum Gasteiger partial charge on any atom is -0.311 e. The molecule has 31 heavy (non-hydrogen) atoms. The summed E-state index contributed by atoms with van der Waals surface area (Å²) in [6, 6.07) is -1.91. The Morgan fingerprint density at radius 2 is 2.00 bits per heavy atom. The van der Waals surface area contributed by atoms with Crippen LogP contribution in [0, 0.1) is 5.92 Å². The largest absolute Gasteiger partial charge is 0.418 e. The van der Waals surface area contributed by atoms with Gasteiger partial charge < -0.3 is 15.1 Å². The zero-order valence-corrected chi connectivity index (χ0v) is 18.3. The highest BCUT2D eigenvalue weighted by atomic mass is 32.3. The highest BCUT2D eigenvalue weighted by Gasteiger charge is 2.49. The molecule has 0 aromatic rings. The van der Waals surface area contributed by atoms with E-state index in [2.05, 4.69) is 20.0 Å². The molecule has 4 aliphatic rings. The number of carbonyl (C=O) groups is 2. The molecule has 0 unspecified atom stereocenters. The van der Waals surface area contributed by atoms with E-state index >= 15 is 0 Å². The minimum absolute atomic E-state index is 0.148. The van der Waals surface area contributed by atoms with Crippen molar-refractivity contribution >= 4 is 22.3 Å². The first kappa shape index (κ1) is 22.7. The van der Waals surface area contributed by atoms with E-state index in [9.17, 15) is 18.0 Å². The van der Waals surface area contributed by atoms with Crippen LogP contribution in [-0.2, 0) is 24.3 Å². The fourth-order valence-corrected chi connectivity index (χ4v) is 5.45. The number of carbonyl (C=O) groups excluding carboxylic acids is 2. The lowest BCUT2D eigenvalue weighted by atomic mass is 10.0. The second-order valence-corrected chi connectivity index (χ2v) is 9.86. The molecule has 3 amide bonds. The van der Waals surface area contributed by atoms with E-state index in [-0.39, 0.29) is 12.6 Å². The van der Waals surface area contributed by atoms with E-state index in [1.54, 1.807) is 0 Å². The molecule has 0 aromatic carbocycles. The zero-order valence-electron chi connectivity index (χ0n) is 17.4. The van der Waals surface area contributed by atoms with Gasteiger partial charge in [-0.25, -0.2) is 10.3 Å². The number of hydrogen-bond acceptors (Lipinski definition) is 8. The topological polar surface area (TPSA) is 141 Å². The summed E-state index contributed by atoms with van der Waals surface area (Å²) in [6.45, 7) is 4.88. The summed E-state index contributed by atoms with van der Waals surface area (Å²) < 4.78 is 35.1. The van der Waals surface area contributed by atoms with Gasteiger partial charge in [0, 0.05) is 19.1 Å². The van der Waals surface area contributed by atoms with Crippen molar-refractivity contribution < 1.29 is 31.7 Å². The highest BCUT2D eigenvalue weighted by molar-refractivity contribution is 7.80. The molecule has 4 aliphatic heterocycles. The summed E-state index contributed by atoms with van der Waals surface area (Å²) in [5, 5.41) is 4.06. The minimum atomic E-state index is -4.81. The maximum Gasteiger partial charge on any atom is 0.418 e. The van der Waals surface area contributed by atoms with Crippen LogP contribution in [0.25, 0.3) is 0 Å². The molecule has 0 aromatic heterocycles. The van der Waals surface area contributed by atoms with E-state index in [0.29, 0.717) is 30.4 Å². The van der Waals surface area contributed by atoms with Gasteiger partial charge in [0.2, 0.25) is 0 Å². The van der Waals surface area contributed by atoms with Crippen LogP contribution in [0.1, 0.15) is 38.5 Å². The van der Waals surface area contributed by atoms with E-state index < -0.39 is 34.4 Å². The van der Waals surface area contributed by atoms with Crippen molar-refractivity contribution in [2.75, 3.05) is 39.3 Å². The van der Waals surface area contributed by atoms with Gasteiger partial charge in [0.05, 0.1) is 12.6 Å². The van der Waals surface area contributed by atoms with Gasteiger partial charge in [-0.3, -0.25) is 14.2 Å². The summed E-state index contributed by atoms with van der Waals surface area (Å²) in [5.74, 6) is 0.122. The summed E-state index contributed by atoms with van der Waals surface area (Å²) in [4.78, 5) is 34.1. The second-order valence-electron chi connectivity index (χ2n) is 8.86. The lowest BCUT2D eigenvalue weighted by Gasteiger charge is -2.29. The zero-order chi connectivity index (χ0) is 22.0. The molecule has 4 rings (SSSR count). The number of fused-ring (bicyclic) bond motifs is 2. The van der Waals surface area contributed by atoms with Crippen molar-refractivity contribution in [2.45, 2.75) is 56.7 Å². The third kappa shape index (κ3) is 5.65. The number of hydrogen-bond donors (Lipinski definition) is 3. The van der Waals surface area contributed by atoms with Gasteiger partial charge >= 0.3 is 16.4 Å². The van der Waals surface area contributed by atoms with Crippen molar-refractivity contribution in [3.8, 4) is 0 Å². The van der Waals surface area contributed by atoms with Crippen LogP contribution in [0.15, 0.2) is 0 Å². The van der Waals surface area contributed by atoms with Crippen LogP contribution in [0.4, 0.5) is 4.79 Å². The van der Waals surface area contributed by atoms with Crippen molar-refractivity contribution in [3.63, 3.8) is 0 Å². The molecular formula is C18H31N5O7S. The molecule has 4 atom stereocenters. The Hall–Kier alpha value is -1.51. The lowest BCUT2D eigenvalue weighted by molar-refractivity contribution is -0.139. The summed E-state index contributed by atoms with van der Waals surface area (Å²) in [5.41, 5.74) is 2.43. The fraction of sp³-hybridized carbons (Fsp3) is 0.889. The average Bonchev–Trinajstić information content (AvgIpc) is 3.26. The monoisotopic (exact) mass is 461 g/mol. The number of urea groups is 1. The normalized spacial score (nSPS) is 32.0. The van der Waals surface area contributed by atoms with Crippen molar-refractivity contribution in [1.82, 2.24) is 25.7 Å². The van der Waals surface area contributed by atoms with E-state index in [4.69, 9.17) is 9.39 Å². The molecule has 13 heteroatoms. The van der Waals surface area contributed by atoms with Gasteiger partial charge in [-0.05, 0) is 57.7 Å². The van der Waals surface area contributed by atoms with Gasteiger partial charge in [-0.2, -0.15) is 13.5 Å². The van der Waals surface area contributed by atoms with Crippen LogP contribution < -0.4 is 10.8 Å². The van der Waals surface area contributed by atoms with E-state index in [1.807, 2.05) is 0 Å². The number of nitrogens with one attached hydrogen (secondary N) is 2. The molecule has 12 nitrogen and oxygen atoms in total. The number of piperidine rings is 2. The van der Waals surface area contributed by atoms with Crippen LogP contribution in [0.2, 0.25) is 0 Å². The first-order valence-corrected chi connectivity index (χ1v) is 12.3. The van der Waals surface area contributed by atoms with E-state index in [0.717, 1.165) is 19.5 Å². The number of amides is 3. The molecule has 4 fully saturated rings. The quantitative estimate of drug-likeness (QED) is 0.322. The van der Waals surface area contributed by atoms with Gasteiger partial charge in [-0.1, -0.05) is 6.42 Å². The van der Waals surface area contributed by atoms with E-state index in [1.165, 1.54) is 37.3 Å². The third-order valence-electron chi connectivity index (χ3n) is 6.54. The Bertz CT molecular complexity index is 775. The number of hydroxylamine groups is 3. The van der Waals surface area contributed by atoms with Crippen LogP contribution >= 0.6 is 0 Å². The molecule has 0 saturated carbocycles. The number of likely N-dealkylation sites (tertiary alicyclic amines) is 1. The maximum absolute atomic E-state index is 12.5. The van der Waals surface area contributed by atoms with Crippen LogP contribution in [0.5, 0.6) is 0 Å². The van der Waals surface area contributed by atoms with Gasteiger partial charge in [0.25, 0.3) is 5.91 Å². The molecular weight excluding hydrogens is 430 g/mol. The van der Waals surface area contributed by atoms with Crippen molar-refractivity contribution in [1.29, 1.82) is 0 Å². The second kappa shape index (κ2) is 9.55. The Morgan fingerprint density at radius 3 is 2.74 bits per heavy atom. The molecule has 0 aliphatic carbocycles. The first-order valence-electron chi connectivity index (χ1n) is 10.9. The molecule has 4 saturated heterocycles. The molecule has 2 bridgehead atoms. The SMILES string of the molecule is O=C(NOC[C@H]1C[C@@H](CN2CCCCC2)CN1)[C@@H]1CC[C@@H]2CN1C(=O)N2OS(=O)(=O)O. The maximum atomic E-state index is 12.5. The molecule has 0 spiro atoms. The Morgan fingerprint density at radius 1 is 1.23 bits per heavy atom. The summed E-state index contributed by atoms with van der Waals surface area (Å²) in [7, 11) is -4.81. The van der Waals surface area contributed by atoms with Gasteiger partial charge in [-0.15, -0.1) is 4.28 Å². The Balaban J connectivity index is 1.19. The molecule has 0 radical (unpaired) electrons. The third-order valence-corrected chi connectivity index (χ3v) is 6.88. The van der Waals surface area contributed by atoms with Crippen LogP contribution in [0.3, 0.4) is 0 Å². The summed E-state index contributed by atoms with van der Waals surface area (Å²) in [6.07, 6.45) is 5.59. The predicted molar refractivity (Wildman–Crippen MR) is 108 cm³/mol. The average molecular weight is 462 g/mol. The molecule has 176 valence electrons. The fourth-order valence-electron chi connectivity index (χ4n) is 5.06. The number of rotatable bonds is 8. The Kier molecular flexibility index (Phi) is 6.98. The lowest BCUT2D eigenvalue weighted by Crippen LogP contribution is -2.50. The van der Waals surface area contributed by atoms with Gasteiger partial charge in [0.15, 0.2) is 0 Å². The van der Waals surface area contributed by atoms with Gasteiger partial charge in [0.1, 0.15) is 6.04 Å².